The van der Waals surface area contributed by atoms with E-state index in [-0.39, 0.29) is 18.6 Å². The van der Waals surface area contributed by atoms with Gasteiger partial charge in [-0.05, 0) is 66.9 Å². The van der Waals surface area contributed by atoms with Gasteiger partial charge in [0.05, 0.1) is 25.3 Å². The number of carbonyl (C=O) groups is 2. The van der Waals surface area contributed by atoms with Gasteiger partial charge in [-0.15, -0.1) is 0 Å². The van der Waals surface area contributed by atoms with Crippen LogP contribution in [0.1, 0.15) is 37.7 Å². The molecule has 1 fully saturated rings. The van der Waals surface area contributed by atoms with Gasteiger partial charge in [-0.3, -0.25) is 13.9 Å². The second kappa shape index (κ2) is 12.9. The van der Waals surface area contributed by atoms with Gasteiger partial charge in [0.25, 0.3) is 11.8 Å². The highest BCUT2D eigenvalue weighted by Crippen LogP contribution is 2.21. The largest absolute Gasteiger partial charge is 0.497 e. The van der Waals surface area contributed by atoms with Crippen molar-refractivity contribution in [1.29, 1.82) is 0 Å². The summed E-state index contributed by atoms with van der Waals surface area (Å²) >= 11 is 0. The van der Waals surface area contributed by atoms with Crippen LogP contribution in [0.4, 0.5) is 5.69 Å². The van der Waals surface area contributed by atoms with Crippen molar-refractivity contribution < 1.29 is 27.5 Å². The van der Waals surface area contributed by atoms with E-state index in [0.717, 1.165) is 36.2 Å². The summed E-state index contributed by atoms with van der Waals surface area (Å²) in [6.07, 6.45) is 8.01. The SMILES string of the molecule is COc1ccc(N(CC(=O)N/N=C\c2ccc(OCC(=O)NC3CCCCC3)cc2)S(C)(=O)=O)cc1. The summed E-state index contributed by atoms with van der Waals surface area (Å²) in [6, 6.07) is 13.4. The van der Waals surface area contributed by atoms with Gasteiger partial charge >= 0.3 is 0 Å². The van der Waals surface area contributed by atoms with Crippen LogP contribution in [0.5, 0.6) is 11.5 Å². The van der Waals surface area contributed by atoms with E-state index in [9.17, 15) is 18.0 Å². The molecule has 10 nitrogen and oxygen atoms in total. The fourth-order valence-electron chi connectivity index (χ4n) is 3.81. The molecular weight excluding hydrogens is 484 g/mol. The van der Waals surface area contributed by atoms with E-state index in [4.69, 9.17) is 9.47 Å². The number of sulfonamides is 1. The molecule has 0 aliphatic heterocycles. The first kappa shape index (κ1) is 27.0. The van der Waals surface area contributed by atoms with E-state index < -0.39 is 22.5 Å². The zero-order valence-electron chi connectivity index (χ0n) is 20.5. The molecule has 0 atom stereocenters. The van der Waals surface area contributed by atoms with Crippen LogP contribution < -0.4 is 24.5 Å². The number of benzene rings is 2. The molecular formula is C25H32N4O6S. The molecule has 0 bridgehead atoms. The maximum Gasteiger partial charge on any atom is 0.260 e. The fraction of sp³-hybridized carbons (Fsp3) is 0.400. The summed E-state index contributed by atoms with van der Waals surface area (Å²) in [5, 5.41) is 6.90. The molecule has 2 aromatic carbocycles. The molecule has 0 saturated heterocycles. The minimum absolute atomic E-state index is 0.0506. The zero-order chi connectivity index (χ0) is 26.0. The molecule has 1 aliphatic rings. The number of hydrogen-bond acceptors (Lipinski definition) is 7. The van der Waals surface area contributed by atoms with Crippen molar-refractivity contribution in [3.05, 3.63) is 54.1 Å². The van der Waals surface area contributed by atoms with Crippen LogP contribution in [0.3, 0.4) is 0 Å². The summed E-state index contributed by atoms with van der Waals surface area (Å²) in [6.45, 7) is -0.483. The molecule has 1 saturated carbocycles. The Hall–Kier alpha value is -3.60. The molecule has 11 heteroatoms. The van der Waals surface area contributed by atoms with Gasteiger partial charge in [-0.2, -0.15) is 5.10 Å². The third kappa shape index (κ3) is 8.56. The maximum atomic E-state index is 12.3. The molecule has 1 aliphatic carbocycles. The van der Waals surface area contributed by atoms with Crippen molar-refractivity contribution in [2.45, 2.75) is 38.1 Å². The number of anilines is 1. The van der Waals surface area contributed by atoms with Gasteiger partial charge in [0.1, 0.15) is 18.0 Å². The predicted molar refractivity (Wildman–Crippen MR) is 138 cm³/mol. The van der Waals surface area contributed by atoms with Crippen molar-refractivity contribution >= 4 is 33.7 Å². The monoisotopic (exact) mass is 516 g/mol. The number of carbonyl (C=O) groups excluding carboxylic acids is 2. The molecule has 3 rings (SSSR count). The second-order valence-electron chi connectivity index (χ2n) is 8.52. The van der Waals surface area contributed by atoms with Crippen LogP contribution >= 0.6 is 0 Å². The lowest BCUT2D eigenvalue weighted by Gasteiger charge is -2.22. The molecule has 36 heavy (non-hydrogen) atoms. The predicted octanol–water partition coefficient (Wildman–Crippen LogP) is 2.44. The first-order chi connectivity index (χ1) is 17.2. The van der Waals surface area contributed by atoms with Crippen molar-refractivity contribution in [3.8, 4) is 11.5 Å². The Bertz CT molecular complexity index is 1140. The van der Waals surface area contributed by atoms with E-state index >= 15 is 0 Å². The summed E-state index contributed by atoms with van der Waals surface area (Å²) in [5.74, 6) is 0.378. The number of hydrazone groups is 1. The lowest BCUT2D eigenvalue weighted by molar-refractivity contribution is -0.124. The molecule has 0 radical (unpaired) electrons. The number of amides is 2. The number of ether oxygens (including phenoxy) is 2. The average Bonchev–Trinajstić information content (AvgIpc) is 2.87. The molecule has 2 amide bonds. The molecule has 0 aromatic heterocycles. The number of nitrogens with one attached hydrogen (secondary N) is 2. The topological polar surface area (TPSA) is 126 Å². The van der Waals surface area contributed by atoms with Gasteiger partial charge in [-0.25, -0.2) is 13.8 Å². The van der Waals surface area contributed by atoms with E-state index in [2.05, 4.69) is 15.8 Å². The van der Waals surface area contributed by atoms with Crippen LogP contribution in [0.2, 0.25) is 0 Å². The van der Waals surface area contributed by atoms with E-state index in [1.54, 1.807) is 48.5 Å². The molecule has 0 heterocycles. The molecule has 0 spiro atoms. The smallest absolute Gasteiger partial charge is 0.260 e. The van der Waals surface area contributed by atoms with Gasteiger partial charge in [0.2, 0.25) is 10.0 Å². The van der Waals surface area contributed by atoms with Crippen LogP contribution in [0.15, 0.2) is 53.6 Å². The van der Waals surface area contributed by atoms with Crippen LogP contribution in [0, 0.1) is 0 Å². The standard InChI is InChI=1S/C25H32N4O6S/c1-34-22-14-10-21(11-15-22)29(36(2,32)33)17-24(30)28-26-16-19-8-12-23(13-9-19)35-18-25(31)27-20-6-4-3-5-7-20/h8-16,20H,3-7,17-18H2,1-2H3,(H,27,31)(H,28,30)/b26-16-. The minimum atomic E-state index is -3.70. The maximum absolute atomic E-state index is 12.3. The molecule has 2 N–H and O–H groups in total. The highest BCUT2D eigenvalue weighted by molar-refractivity contribution is 7.92. The third-order valence-corrected chi connectivity index (χ3v) is 6.81. The normalized spacial score (nSPS) is 14.3. The molecule has 2 aromatic rings. The van der Waals surface area contributed by atoms with Gasteiger partial charge in [-0.1, -0.05) is 19.3 Å². The third-order valence-electron chi connectivity index (χ3n) is 5.67. The Morgan fingerprint density at radius 1 is 1.00 bits per heavy atom. The number of hydrogen-bond donors (Lipinski definition) is 2. The Labute approximate surface area is 211 Å². The van der Waals surface area contributed by atoms with Gasteiger partial charge < -0.3 is 14.8 Å². The van der Waals surface area contributed by atoms with Crippen molar-refractivity contribution in [2.75, 3.05) is 30.8 Å². The summed E-state index contributed by atoms with van der Waals surface area (Å²) in [4.78, 5) is 24.4. The highest BCUT2D eigenvalue weighted by atomic mass is 32.2. The second-order valence-corrected chi connectivity index (χ2v) is 10.4. The number of methoxy groups -OCH3 is 1. The van der Waals surface area contributed by atoms with Gasteiger partial charge in [0.15, 0.2) is 6.61 Å². The van der Waals surface area contributed by atoms with E-state index in [1.807, 2.05) is 0 Å². The number of nitrogens with zero attached hydrogens (tertiary/aromatic N) is 2. The summed E-state index contributed by atoms with van der Waals surface area (Å²) in [5.41, 5.74) is 3.35. The van der Waals surface area contributed by atoms with Crippen molar-refractivity contribution in [3.63, 3.8) is 0 Å². The van der Waals surface area contributed by atoms with Crippen LogP contribution in [0.25, 0.3) is 0 Å². The van der Waals surface area contributed by atoms with Gasteiger partial charge in [0, 0.05) is 6.04 Å². The summed E-state index contributed by atoms with van der Waals surface area (Å²) in [7, 11) is -2.19. The number of rotatable bonds is 11. The van der Waals surface area contributed by atoms with E-state index in [0.29, 0.717) is 22.7 Å². The van der Waals surface area contributed by atoms with Crippen molar-refractivity contribution in [2.24, 2.45) is 5.10 Å². The Morgan fingerprint density at radius 2 is 1.64 bits per heavy atom. The van der Waals surface area contributed by atoms with E-state index in [1.165, 1.54) is 19.7 Å². The fourth-order valence-corrected chi connectivity index (χ4v) is 4.66. The average molecular weight is 517 g/mol. The Balaban J connectivity index is 1.47. The first-order valence-electron chi connectivity index (χ1n) is 11.7. The lowest BCUT2D eigenvalue weighted by atomic mass is 9.95. The van der Waals surface area contributed by atoms with Crippen molar-refractivity contribution in [1.82, 2.24) is 10.7 Å². The molecule has 0 unspecified atom stereocenters. The summed E-state index contributed by atoms with van der Waals surface area (Å²) < 4.78 is 36.0. The quantitative estimate of drug-likeness (QED) is 0.349. The first-order valence-corrected chi connectivity index (χ1v) is 13.6. The van der Waals surface area contributed by atoms with Crippen LogP contribution in [-0.4, -0.2) is 59.0 Å². The zero-order valence-corrected chi connectivity index (χ0v) is 21.3. The minimum Gasteiger partial charge on any atom is -0.497 e. The Morgan fingerprint density at radius 3 is 2.25 bits per heavy atom. The lowest BCUT2D eigenvalue weighted by Crippen LogP contribution is -2.39. The molecule has 194 valence electrons. The highest BCUT2D eigenvalue weighted by Gasteiger charge is 2.21. The Kier molecular flexibility index (Phi) is 9.69. The van der Waals surface area contributed by atoms with Crippen LogP contribution in [-0.2, 0) is 19.6 Å².